The molecule has 1 aliphatic heterocycles. The van der Waals surface area contributed by atoms with Crippen molar-refractivity contribution in [1.82, 2.24) is 25.1 Å². The van der Waals surface area contributed by atoms with Crippen LogP contribution in [0.25, 0.3) is 11.2 Å². The van der Waals surface area contributed by atoms with Crippen molar-refractivity contribution < 1.29 is 0 Å². The van der Waals surface area contributed by atoms with Crippen molar-refractivity contribution in [1.29, 1.82) is 0 Å². The predicted octanol–water partition coefficient (Wildman–Crippen LogP) is 1.55. The van der Waals surface area contributed by atoms with E-state index in [4.69, 9.17) is 0 Å². The molecule has 3 rings (SSSR count). The Hall–Kier alpha value is -1.49. The quantitative estimate of drug-likeness (QED) is 0.852. The van der Waals surface area contributed by atoms with Crippen LogP contribution < -0.4 is 0 Å². The summed E-state index contributed by atoms with van der Waals surface area (Å²) in [5, 5.41) is 7.33. The fraction of sp³-hybridized carbons (Fsp3) is 0.583. The molecule has 1 saturated heterocycles. The molecule has 0 spiro atoms. The van der Waals surface area contributed by atoms with Crippen molar-refractivity contribution in [2.45, 2.75) is 32.2 Å². The van der Waals surface area contributed by atoms with Crippen molar-refractivity contribution in [3.05, 3.63) is 18.1 Å². The molecule has 0 radical (unpaired) electrons. The van der Waals surface area contributed by atoms with Crippen molar-refractivity contribution >= 4 is 11.2 Å². The molecule has 5 nitrogen and oxygen atoms in total. The van der Waals surface area contributed by atoms with Crippen LogP contribution in [0.1, 0.15) is 31.9 Å². The number of aromatic amines is 1. The molecule has 0 saturated carbocycles. The van der Waals surface area contributed by atoms with Gasteiger partial charge in [0.2, 0.25) is 0 Å². The molecule has 90 valence electrons. The predicted molar refractivity (Wildman–Crippen MR) is 65.8 cm³/mol. The number of H-pyrrole nitrogens is 1. The molecule has 5 heteroatoms. The Morgan fingerprint density at radius 2 is 2.18 bits per heavy atom. The molecule has 0 aliphatic carbocycles. The van der Waals surface area contributed by atoms with Gasteiger partial charge in [0.05, 0.1) is 5.69 Å². The van der Waals surface area contributed by atoms with Gasteiger partial charge in [-0.3, -0.25) is 5.10 Å². The van der Waals surface area contributed by atoms with Gasteiger partial charge in [0.15, 0.2) is 5.65 Å². The molecular formula is C12H17N5. The molecule has 2 aromatic rings. The molecule has 0 aromatic carbocycles. The van der Waals surface area contributed by atoms with Gasteiger partial charge in [-0.05, 0) is 26.8 Å². The van der Waals surface area contributed by atoms with Crippen LogP contribution in [0, 0.1) is 0 Å². The summed E-state index contributed by atoms with van der Waals surface area (Å²) in [6.07, 6.45) is 4.59. The lowest BCUT2D eigenvalue weighted by atomic mass is 10.0. The lowest BCUT2D eigenvalue weighted by Gasteiger charge is -2.19. The van der Waals surface area contributed by atoms with E-state index in [0.717, 1.165) is 29.9 Å². The SMILES string of the molecule is CC(C)N1CC[C@H](c2[nH]nc3nccnc23)C1. The third kappa shape index (κ3) is 1.80. The third-order valence-electron chi connectivity index (χ3n) is 3.57. The Labute approximate surface area is 100 Å². The van der Waals surface area contributed by atoms with E-state index in [-0.39, 0.29) is 0 Å². The zero-order valence-electron chi connectivity index (χ0n) is 10.2. The minimum absolute atomic E-state index is 0.513. The van der Waals surface area contributed by atoms with E-state index in [1.165, 1.54) is 6.42 Å². The van der Waals surface area contributed by atoms with Crippen LogP contribution in [0.3, 0.4) is 0 Å². The van der Waals surface area contributed by atoms with Gasteiger partial charge in [0, 0.05) is 30.9 Å². The maximum Gasteiger partial charge on any atom is 0.199 e. The number of aromatic nitrogens is 4. The van der Waals surface area contributed by atoms with Gasteiger partial charge in [-0.2, -0.15) is 5.10 Å². The zero-order valence-corrected chi connectivity index (χ0v) is 10.2. The van der Waals surface area contributed by atoms with Gasteiger partial charge in [-0.25, -0.2) is 9.97 Å². The van der Waals surface area contributed by atoms with Crippen molar-refractivity contribution in [2.24, 2.45) is 0 Å². The zero-order chi connectivity index (χ0) is 11.8. The lowest BCUT2D eigenvalue weighted by molar-refractivity contribution is 0.272. The maximum atomic E-state index is 4.38. The van der Waals surface area contributed by atoms with Crippen LogP contribution in [0.2, 0.25) is 0 Å². The first-order valence-electron chi connectivity index (χ1n) is 6.14. The summed E-state index contributed by atoms with van der Waals surface area (Å²) in [5.74, 6) is 0.513. The van der Waals surface area contributed by atoms with E-state index in [9.17, 15) is 0 Å². The number of hydrogen-bond acceptors (Lipinski definition) is 4. The van der Waals surface area contributed by atoms with Crippen LogP contribution >= 0.6 is 0 Å². The van der Waals surface area contributed by atoms with E-state index >= 15 is 0 Å². The van der Waals surface area contributed by atoms with E-state index < -0.39 is 0 Å². The average Bonchev–Trinajstić information content (AvgIpc) is 2.95. The molecule has 3 heterocycles. The monoisotopic (exact) mass is 231 g/mol. The van der Waals surface area contributed by atoms with Crippen molar-refractivity contribution in [3.63, 3.8) is 0 Å². The summed E-state index contributed by atoms with van der Waals surface area (Å²) in [6.45, 7) is 6.73. The Morgan fingerprint density at radius 1 is 1.35 bits per heavy atom. The molecule has 0 amide bonds. The van der Waals surface area contributed by atoms with Crippen LogP contribution in [0.4, 0.5) is 0 Å². The van der Waals surface area contributed by atoms with E-state index in [0.29, 0.717) is 12.0 Å². The Bertz CT molecular complexity index is 518. The van der Waals surface area contributed by atoms with Crippen molar-refractivity contribution in [2.75, 3.05) is 13.1 Å². The van der Waals surface area contributed by atoms with Gasteiger partial charge < -0.3 is 4.90 Å². The van der Waals surface area contributed by atoms with Crippen LogP contribution in [0.5, 0.6) is 0 Å². The molecule has 0 unspecified atom stereocenters. The summed E-state index contributed by atoms with van der Waals surface area (Å²) < 4.78 is 0. The Kier molecular flexibility index (Phi) is 2.55. The number of rotatable bonds is 2. The minimum atomic E-state index is 0.513. The molecule has 1 aliphatic rings. The van der Waals surface area contributed by atoms with Gasteiger partial charge in [0.25, 0.3) is 0 Å². The van der Waals surface area contributed by atoms with Crippen LogP contribution in [-0.4, -0.2) is 44.2 Å². The highest BCUT2D eigenvalue weighted by Gasteiger charge is 2.28. The fourth-order valence-electron chi connectivity index (χ4n) is 2.55. The second kappa shape index (κ2) is 4.07. The molecular weight excluding hydrogens is 214 g/mol. The molecule has 1 N–H and O–H groups in total. The average molecular weight is 231 g/mol. The number of hydrogen-bond donors (Lipinski definition) is 1. The van der Waals surface area contributed by atoms with Crippen molar-refractivity contribution in [3.8, 4) is 0 Å². The van der Waals surface area contributed by atoms with Gasteiger partial charge in [-0.1, -0.05) is 0 Å². The smallest absolute Gasteiger partial charge is 0.199 e. The summed E-state index contributed by atoms with van der Waals surface area (Å²) in [5.41, 5.74) is 2.81. The first-order valence-corrected chi connectivity index (χ1v) is 6.14. The highest BCUT2D eigenvalue weighted by molar-refractivity contribution is 5.72. The van der Waals surface area contributed by atoms with Gasteiger partial charge >= 0.3 is 0 Å². The van der Waals surface area contributed by atoms with E-state index in [2.05, 4.69) is 38.9 Å². The number of likely N-dealkylation sites (tertiary alicyclic amines) is 1. The van der Waals surface area contributed by atoms with Crippen LogP contribution in [0.15, 0.2) is 12.4 Å². The Balaban J connectivity index is 1.90. The normalized spacial score (nSPS) is 21.7. The minimum Gasteiger partial charge on any atom is -0.300 e. The summed E-state index contributed by atoms with van der Waals surface area (Å²) >= 11 is 0. The number of nitrogens with one attached hydrogen (secondary N) is 1. The first-order chi connectivity index (χ1) is 8.25. The highest BCUT2D eigenvalue weighted by atomic mass is 15.2. The molecule has 17 heavy (non-hydrogen) atoms. The Morgan fingerprint density at radius 3 is 2.94 bits per heavy atom. The second-order valence-corrected chi connectivity index (χ2v) is 4.94. The topological polar surface area (TPSA) is 57.7 Å². The highest BCUT2D eigenvalue weighted by Crippen LogP contribution is 2.29. The first kappa shape index (κ1) is 10.7. The molecule has 0 bridgehead atoms. The summed E-state index contributed by atoms with van der Waals surface area (Å²) in [6, 6.07) is 0.611. The second-order valence-electron chi connectivity index (χ2n) is 4.94. The summed E-state index contributed by atoms with van der Waals surface area (Å²) in [4.78, 5) is 11.1. The lowest BCUT2D eigenvalue weighted by Crippen LogP contribution is -2.27. The summed E-state index contributed by atoms with van der Waals surface area (Å²) in [7, 11) is 0. The number of nitrogens with zero attached hydrogens (tertiary/aromatic N) is 4. The largest absolute Gasteiger partial charge is 0.300 e. The molecule has 2 aromatic heterocycles. The fourth-order valence-corrected chi connectivity index (χ4v) is 2.55. The van der Waals surface area contributed by atoms with Gasteiger partial charge in [0.1, 0.15) is 5.52 Å². The molecule has 1 fully saturated rings. The number of fused-ring (bicyclic) bond motifs is 1. The maximum absolute atomic E-state index is 4.38. The molecule has 1 atom stereocenters. The standard InChI is InChI=1S/C12H17N5/c1-8(2)17-6-3-9(7-17)10-11-12(16-15-10)14-5-4-13-11/h4-5,8-9H,3,6-7H2,1-2H3,(H,14,15,16)/t9-/m0/s1. The van der Waals surface area contributed by atoms with E-state index in [1.54, 1.807) is 12.4 Å². The third-order valence-corrected chi connectivity index (χ3v) is 3.57. The van der Waals surface area contributed by atoms with E-state index in [1.807, 2.05) is 0 Å². The van der Waals surface area contributed by atoms with Gasteiger partial charge in [-0.15, -0.1) is 0 Å². The van der Waals surface area contributed by atoms with Crippen LogP contribution in [-0.2, 0) is 0 Å².